The van der Waals surface area contributed by atoms with Crippen LogP contribution in [-0.4, -0.2) is 14.2 Å². The fourth-order valence-electron chi connectivity index (χ4n) is 3.46. The zero-order chi connectivity index (χ0) is 17.2. The predicted octanol–water partition coefficient (Wildman–Crippen LogP) is 5.34. The largest absolute Gasteiger partial charge is 0.284 e. The van der Waals surface area contributed by atoms with E-state index in [4.69, 9.17) is 0 Å². The highest BCUT2D eigenvalue weighted by molar-refractivity contribution is 8.03. The summed E-state index contributed by atoms with van der Waals surface area (Å²) in [5.74, 6) is 1.01. The lowest BCUT2D eigenvalue weighted by Crippen LogP contribution is -2.17. The van der Waals surface area contributed by atoms with Crippen LogP contribution in [0.1, 0.15) is 57.9 Å². The van der Waals surface area contributed by atoms with Crippen molar-refractivity contribution in [2.75, 3.05) is 10.5 Å². The van der Waals surface area contributed by atoms with E-state index < -0.39 is 10.0 Å². The first kappa shape index (κ1) is 17.9. The molecule has 24 heavy (non-hydrogen) atoms. The van der Waals surface area contributed by atoms with Crippen LogP contribution in [0.3, 0.4) is 0 Å². The Balaban J connectivity index is 1.75. The Labute approximate surface area is 150 Å². The molecule has 0 bridgehead atoms. The highest BCUT2D eigenvalue weighted by Gasteiger charge is 2.25. The molecule has 0 amide bonds. The maximum absolute atomic E-state index is 12.1. The molecule has 0 saturated heterocycles. The van der Waals surface area contributed by atoms with Crippen molar-refractivity contribution in [3.63, 3.8) is 0 Å². The summed E-state index contributed by atoms with van der Waals surface area (Å²) in [4.78, 5) is 2.76. The minimum Gasteiger partial charge on any atom is -0.284 e. The molecule has 1 N–H and O–H groups in total. The van der Waals surface area contributed by atoms with Crippen molar-refractivity contribution in [1.29, 1.82) is 0 Å². The highest BCUT2D eigenvalue weighted by Crippen LogP contribution is 2.47. The van der Waals surface area contributed by atoms with Gasteiger partial charge < -0.3 is 0 Å². The fraction of sp³-hybridized carbons (Fsp3) is 0.579. The molecule has 3 nitrogen and oxygen atoms in total. The molecule has 1 aromatic carbocycles. The van der Waals surface area contributed by atoms with E-state index in [-0.39, 0.29) is 5.75 Å². The van der Waals surface area contributed by atoms with Crippen LogP contribution < -0.4 is 4.72 Å². The molecule has 0 radical (unpaired) electrons. The fourth-order valence-corrected chi connectivity index (χ4v) is 6.08. The number of rotatable bonds is 6. The van der Waals surface area contributed by atoms with Crippen LogP contribution in [0, 0.1) is 5.92 Å². The first-order chi connectivity index (χ1) is 11.5. The third-order valence-electron chi connectivity index (χ3n) is 5.04. The Morgan fingerprint density at radius 2 is 2.12 bits per heavy atom. The molecule has 132 valence electrons. The Hall–Kier alpha value is -0.940. The van der Waals surface area contributed by atoms with Gasteiger partial charge in [0.1, 0.15) is 0 Å². The van der Waals surface area contributed by atoms with Crippen LogP contribution in [0.15, 0.2) is 33.6 Å². The van der Waals surface area contributed by atoms with Crippen LogP contribution in [-0.2, 0) is 16.4 Å². The summed E-state index contributed by atoms with van der Waals surface area (Å²) in [6.07, 6.45) is 7.62. The van der Waals surface area contributed by atoms with E-state index in [9.17, 15) is 8.42 Å². The SMILES string of the molecule is CCCCS(=O)(=O)Nc1ccc2c(c1)SC1=C(CCC(CC)C1)C2. The maximum Gasteiger partial charge on any atom is 0.232 e. The molecule has 0 spiro atoms. The van der Waals surface area contributed by atoms with Gasteiger partial charge in [-0.15, -0.1) is 0 Å². The molecular formula is C19H27NO2S2. The Morgan fingerprint density at radius 1 is 1.29 bits per heavy atom. The molecule has 0 fully saturated rings. The van der Waals surface area contributed by atoms with Crippen molar-refractivity contribution in [2.24, 2.45) is 5.92 Å². The van der Waals surface area contributed by atoms with E-state index in [1.165, 1.54) is 41.0 Å². The van der Waals surface area contributed by atoms with Crippen molar-refractivity contribution in [3.05, 3.63) is 34.2 Å². The maximum atomic E-state index is 12.1. The van der Waals surface area contributed by atoms with Crippen LogP contribution in [0.4, 0.5) is 5.69 Å². The second kappa shape index (κ2) is 7.52. The number of benzene rings is 1. The lowest BCUT2D eigenvalue weighted by atomic mass is 9.85. The minimum absolute atomic E-state index is 0.196. The number of thioether (sulfide) groups is 1. The average Bonchev–Trinajstić information content (AvgIpc) is 2.57. The standard InChI is InChI=1S/C19H27NO2S2/c1-3-5-10-24(21,22)20-17-9-8-16-12-15-7-6-14(4-2)11-18(15)23-19(16)13-17/h8-9,13-14,20H,3-7,10-12H2,1-2H3. The molecule has 1 aliphatic heterocycles. The zero-order valence-electron chi connectivity index (χ0n) is 14.6. The van der Waals surface area contributed by atoms with Gasteiger partial charge in [0.05, 0.1) is 5.75 Å². The monoisotopic (exact) mass is 365 g/mol. The zero-order valence-corrected chi connectivity index (χ0v) is 16.2. The van der Waals surface area contributed by atoms with Gasteiger partial charge >= 0.3 is 0 Å². The number of fused-ring (bicyclic) bond motifs is 1. The first-order valence-corrected chi connectivity index (χ1v) is 11.5. The van der Waals surface area contributed by atoms with Gasteiger partial charge in [0.15, 0.2) is 0 Å². The Bertz CT molecular complexity index is 738. The summed E-state index contributed by atoms with van der Waals surface area (Å²) in [5.41, 5.74) is 3.64. The van der Waals surface area contributed by atoms with Gasteiger partial charge in [0.2, 0.25) is 10.0 Å². The molecule has 2 aliphatic rings. The van der Waals surface area contributed by atoms with E-state index in [0.29, 0.717) is 12.1 Å². The summed E-state index contributed by atoms with van der Waals surface area (Å²) in [5, 5.41) is 0. The lowest BCUT2D eigenvalue weighted by Gasteiger charge is -2.30. The van der Waals surface area contributed by atoms with Crippen LogP contribution in [0.25, 0.3) is 0 Å². The van der Waals surface area contributed by atoms with E-state index in [2.05, 4.69) is 17.7 Å². The summed E-state index contributed by atoms with van der Waals surface area (Å²) in [6, 6.07) is 6.02. The number of hydrogen-bond donors (Lipinski definition) is 1. The summed E-state index contributed by atoms with van der Waals surface area (Å²) >= 11 is 1.86. The van der Waals surface area contributed by atoms with E-state index >= 15 is 0 Å². The third-order valence-corrected chi connectivity index (χ3v) is 7.72. The molecular weight excluding hydrogens is 338 g/mol. The summed E-state index contributed by atoms with van der Waals surface area (Å²) < 4.78 is 27.0. The van der Waals surface area contributed by atoms with Gasteiger partial charge in [0.25, 0.3) is 0 Å². The number of allylic oxidation sites excluding steroid dienone is 2. The topological polar surface area (TPSA) is 46.2 Å². The molecule has 5 heteroatoms. The molecule has 0 aromatic heterocycles. The molecule has 1 aromatic rings. The van der Waals surface area contributed by atoms with Gasteiger partial charge in [0, 0.05) is 10.6 Å². The summed E-state index contributed by atoms with van der Waals surface area (Å²) in [7, 11) is -3.23. The highest BCUT2D eigenvalue weighted by atomic mass is 32.2. The van der Waals surface area contributed by atoms with Gasteiger partial charge in [-0.1, -0.05) is 50.1 Å². The quantitative estimate of drug-likeness (QED) is 0.740. The number of hydrogen-bond acceptors (Lipinski definition) is 3. The van der Waals surface area contributed by atoms with E-state index in [1.54, 1.807) is 5.57 Å². The van der Waals surface area contributed by atoms with Crippen molar-refractivity contribution in [2.45, 2.75) is 63.7 Å². The first-order valence-electron chi connectivity index (χ1n) is 9.03. The molecule has 1 unspecified atom stereocenters. The molecule has 3 rings (SSSR count). The number of sulfonamides is 1. The lowest BCUT2D eigenvalue weighted by molar-refractivity contribution is 0.448. The van der Waals surface area contributed by atoms with E-state index in [1.807, 2.05) is 30.8 Å². The van der Waals surface area contributed by atoms with E-state index in [0.717, 1.165) is 18.8 Å². The molecule has 1 atom stereocenters. The predicted molar refractivity (Wildman–Crippen MR) is 103 cm³/mol. The molecule has 1 aliphatic carbocycles. The van der Waals surface area contributed by atoms with Crippen molar-refractivity contribution < 1.29 is 8.42 Å². The number of nitrogens with one attached hydrogen (secondary N) is 1. The van der Waals surface area contributed by atoms with Gasteiger partial charge in [-0.05, 0) is 60.6 Å². The van der Waals surface area contributed by atoms with Crippen LogP contribution in [0.2, 0.25) is 0 Å². The van der Waals surface area contributed by atoms with Crippen LogP contribution >= 0.6 is 11.8 Å². The number of unbranched alkanes of at least 4 members (excludes halogenated alkanes) is 1. The van der Waals surface area contributed by atoms with Gasteiger partial charge in [-0.3, -0.25) is 4.72 Å². The summed E-state index contributed by atoms with van der Waals surface area (Å²) in [6.45, 7) is 4.28. The molecule has 1 heterocycles. The third kappa shape index (κ3) is 4.17. The normalized spacial score (nSPS) is 20.5. The number of anilines is 1. The average molecular weight is 366 g/mol. The van der Waals surface area contributed by atoms with Crippen molar-refractivity contribution in [1.82, 2.24) is 0 Å². The minimum atomic E-state index is -3.23. The Kier molecular flexibility index (Phi) is 5.60. The van der Waals surface area contributed by atoms with Crippen LogP contribution in [0.5, 0.6) is 0 Å². The van der Waals surface area contributed by atoms with Gasteiger partial charge in [-0.25, -0.2) is 8.42 Å². The Morgan fingerprint density at radius 3 is 2.88 bits per heavy atom. The van der Waals surface area contributed by atoms with Gasteiger partial charge in [-0.2, -0.15) is 0 Å². The van der Waals surface area contributed by atoms with Crippen molar-refractivity contribution >= 4 is 27.5 Å². The smallest absolute Gasteiger partial charge is 0.232 e. The second-order valence-electron chi connectivity index (χ2n) is 6.92. The van der Waals surface area contributed by atoms with Crippen molar-refractivity contribution in [3.8, 4) is 0 Å². The second-order valence-corrected chi connectivity index (χ2v) is 9.90. The molecule has 0 saturated carbocycles.